The molecule has 1 aliphatic rings. The first-order valence-electron chi connectivity index (χ1n) is 11.6. The van der Waals surface area contributed by atoms with E-state index >= 15 is 0 Å². The molecule has 4 rings (SSSR count). The zero-order valence-corrected chi connectivity index (χ0v) is 19.4. The Kier molecular flexibility index (Phi) is 7.54. The van der Waals surface area contributed by atoms with Crippen molar-refractivity contribution in [2.45, 2.75) is 45.4 Å². The molecule has 0 unspecified atom stereocenters. The standard InChI is InChI=1S/C28H26F3NO3/c1-2-34-27(33)21-14-20(16-32-17-21)23-10-6-7-11-24(23)25-15-22(28(29,30)31)12-13-26(25)35-18-19-8-4-3-5-9-19/h3-5,8-9,12-17H,2,6-7,10-11,18H2,1H3. The normalized spacial score (nSPS) is 14.1. The van der Waals surface area contributed by atoms with Gasteiger partial charge in [0, 0.05) is 18.0 Å². The summed E-state index contributed by atoms with van der Waals surface area (Å²) in [5, 5.41) is 0. The summed E-state index contributed by atoms with van der Waals surface area (Å²) in [6.07, 6.45) is 1.59. The molecule has 2 aromatic carbocycles. The second-order valence-corrected chi connectivity index (χ2v) is 8.33. The van der Waals surface area contributed by atoms with Crippen LogP contribution in [0.4, 0.5) is 13.2 Å². The van der Waals surface area contributed by atoms with Gasteiger partial charge < -0.3 is 9.47 Å². The van der Waals surface area contributed by atoms with Crippen molar-refractivity contribution in [2.75, 3.05) is 6.61 Å². The lowest BCUT2D eigenvalue weighted by Gasteiger charge is -2.24. The first-order chi connectivity index (χ1) is 16.9. The van der Waals surface area contributed by atoms with E-state index in [0.29, 0.717) is 35.3 Å². The van der Waals surface area contributed by atoms with Gasteiger partial charge in [0.1, 0.15) is 12.4 Å². The van der Waals surface area contributed by atoms with Crippen molar-refractivity contribution in [1.82, 2.24) is 4.98 Å². The van der Waals surface area contributed by atoms with Crippen molar-refractivity contribution in [1.29, 1.82) is 0 Å². The summed E-state index contributed by atoms with van der Waals surface area (Å²) in [5.41, 5.74) is 3.29. The Bertz CT molecular complexity index is 1220. The lowest BCUT2D eigenvalue weighted by molar-refractivity contribution is -0.137. The third-order valence-corrected chi connectivity index (χ3v) is 5.93. The third-order valence-electron chi connectivity index (χ3n) is 5.93. The number of allylic oxidation sites excluding steroid dienone is 2. The number of pyridine rings is 1. The van der Waals surface area contributed by atoms with E-state index in [1.807, 2.05) is 30.3 Å². The minimum absolute atomic E-state index is 0.238. The Labute approximate surface area is 202 Å². The highest BCUT2D eigenvalue weighted by atomic mass is 19.4. The molecule has 0 fully saturated rings. The molecule has 1 heterocycles. The summed E-state index contributed by atoms with van der Waals surface area (Å²) >= 11 is 0. The van der Waals surface area contributed by atoms with Gasteiger partial charge in [-0.3, -0.25) is 4.98 Å². The van der Waals surface area contributed by atoms with Crippen LogP contribution in [0.2, 0.25) is 0 Å². The van der Waals surface area contributed by atoms with E-state index in [4.69, 9.17) is 9.47 Å². The Morgan fingerprint density at radius 2 is 1.71 bits per heavy atom. The van der Waals surface area contributed by atoms with Crippen molar-refractivity contribution in [2.24, 2.45) is 0 Å². The number of nitrogens with zero attached hydrogens (tertiary/aromatic N) is 1. The Balaban J connectivity index is 1.80. The van der Waals surface area contributed by atoms with E-state index < -0.39 is 17.7 Å². The lowest BCUT2D eigenvalue weighted by Crippen LogP contribution is -2.09. The summed E-state index contributed by atoms with van der Waals surface area (Å²) in [5.74, 6) is -0.0866. The predicted octanol–water partition coefficient (Wildman–Crippen LogP) is 7.34. The largest absolute Gasteiger partial charge is 0.488 e. The molecular formula is C28H26F3NO3. The lowest BCUT2D eigenvalue weighted by atomic mass is 9.83. The molecule has 0 bridgehead atoms. The number of ether oxygens (including phenoxy) is 2. The zero-order chi connectivity index (χ0) is 24.8. The molecule has 1 aliphatic carbocycles. The topological polar surface area (TPSA) is 48.4 Å². The van der Waals surface area contributed by atoms with Crippen molar-refractivity contribution in [3.05, 3.63) is 94.8 Å². The number of carbonyl (C=O) groups excluding carboxylic acids is 1. The van der Waals surface area contributed by atoms with Crippen LogP contribution in [0.3, 0.4) is 0 Å². The minimum Gasteiger partial charge on any atom is -0.488 e. The molecule has 0 saturated heterocycles. The summed E-state index contributed by atoms with van der Waals surface area (Å²) in [6.45, 7) is 2.20. The Morgan fingerprint density at radius 3 is 2.43 bits per heavy atom. The minimum atomic E-state index is -4.48. The number of esters is 1. The molecular weight excluding hydrogens is 455 g/mol. The molecule has 0 N–H and O–H groups in total. The molecule has 0 aliphatic heterocycles. The van der Waals surface area contributed by atoms with E-state index in [2.05, 4.69) is 4.98 Å². The number of hydrogen-bond donors (Lipinski definition) is 0. The van der Waals surface area contributed by atoms with Gasteiger partial charge in [-0.25, -0.2) is 4.79 Å². The number of rotatable bonds is 7. The smallest absolute Gasteiger partial charge is 0.416 e. The summed E-state index contributed by atoms with van der Waals surface area (Å²) in [4.78, 5) is 16.4. The molecule has 1 aromatic heterocycles. The first kappa shape index (κ1) is 24.5. The van der Waals surface area contributed by atoms with E-state index in [1.165, 1.54) is 18.3 Å². The summed E-state index contributed by atoms with van der Waals surface area (Å²) in [6, 6.07) is 14.8. The van der Waals surface area contributed by atoms with Crippen LogP contribution in [-0.2, 0) is 17.5 Å². The van der Waals surface area contributed by atoms with Gasteiger partial charge >= 0.3 is 12.1 Å². The molecule has 0 atom stereocenters. The number of hydrogen-bond acceptors (Lipinski definition) is 4. The summed E-state index contributed by atoms with van der Waals surface area (Å²) in [7, 11) is 0. The number of aromatic nitrogens is 1. The van der Waals surface area contributed by atoms with Gasteiger partial charge in [0.2, 0.25) is 0 Å². The maximum Gasteiger partial charge on any atom is 0.416 e. The maximum atomic E-state index is 13.6. The van der Waals surface area contributed by atoms with Crippen LogP contribution in [0.25, 0.3) is 11.1 Å². The maximum absolute atomic E-state index is 13.6. The zero-order valence-electron chi connectivity index (χ0n) is 19.4. The van der Waals surface area contributed by atoms with Crippen molar-refractivity contribution < 1.29 is 27.4 Å². The highest BCUT2D eigenvalue weighted by Gasteiger charge is 2.32. The van der Waals surface area contributed by atoms with Gasteiger partial charge in [-0.15, -0.1) is 0 Å². The quantitative estimate of drug-likeness (QED) is 0.331. The SMILES string of the molecule is CCOC(=O)c1cncc(C2=C(c3cc(C(F)(F)F)ccc3OCc3ccccc3)CCCC2)c1. The van der Waals surface area contributed by atoms with Gasteiger partial charge in [-0.05, 0) is 79.1 Å². The highest BCUT2D eigenvalue weighted by molar-refractivity contribution is 5.95. The molecule has 0 amide bonds. The highest BCUT2D eigenvalue weighted by Crippen LogP contribution is 2.43. The molecule has 3 aromatic rings. The Morgan fingerprint density at radius 1 is 0.971 bits per heavy atom. The van der Waals surface area contributed by atoms with Crippen LogP contribution in [0.15, 0.2) is 67.0 Å². The fraction of sp³-hybridized carbons (Fsp3) is 0.286. The van der Waals surface area contributed by atoms with Crippen LogP contribution in [0, 0.1) is 0 Å². The van der Waals surface area contributed by atoms with Crippen LogP contribution in [0.5, 0.6) is 5.75 Å². The second-order valence-electron chi connectivity index (χ2n) is 8.33. The molecule has 4 nitrogen and oxygen atoms in total. The van der Waals surface area contributed by atoms with Crippen molar-refractivity contribution in [3.8, 4) is 5.75 Å². The average Bonchev–Trinajstić information content (AvgIpc) is 2.87. The second kappa shape index (κ2) is 10.8. The number of alkyl halides is 3. The third kappa shape index (κ3) is 5.91. The van der Waals surface area contributed by atoms with E-state index in [0.717, 1.165) is 35.6 Å². The van der Waals surface area contributed by atoms with Gasteiger partial charge in [0.15, 0.2) is 0 Å². The fourth-order valence-corrected chi connectivity index (χ4v) is 4.26. The van der Waals surface area contributed by atoms with Crippen LogP contribution < -0.4 is 4.74 Å². The van der Waals surface area contributed by atoms with Gasteiger partial charge in [0.05, 0.1) is 17.7 Å². The first-order valence-corrected chi connectivity index (χ1v) is 11.6. The monoisotopic (exact) mass is 481 g/mol. The van der Waals surface area contributed by atoms with E-state index in [-0.39, 0.29) is 13.2 Å². The van der Waals surface area contributed by atoms with Crippen LogP contribution in [-0.4, -0.2) is 17.6 Å². The van der Waals surface area contributed by atoms with E-state index in [9.17, 15) is 18.0 Å². The van der Waals surface area contributed by atoms with Crippen molar-refractivity contribution in [3.63, 3.8) is 0 Å². The molecule has 7 heteroatoms. The fourth-order valence-electron chi connectivity index (χ4n) is 4.26. The number of benzene rings is 2. The van der Waals surface area contributed by atoms with Crippen LogP contribution >= 0.6 is 0 Å². The number of carbonyl (C=O) groups is 1. The predicted molar refractivity (Wildman–Crippen MR) is 128 cm³/mol. The van der Waals surface area contributed by atoms with Crippen molar-refractivity contribution >= 4 is 17.1 Å². The molecule has 0 saturated carbocycles. The molecule has 35 heavy (non-hydrogen) atoms. The molecule has 182 valence electrons. The number of halogens is 3. The average molecular weight is 482 g/mol. The summed E-state index contributed by atoms with van der Waals surface area (Å²) < 4.78 is 52.0. The molecule has 0 spiro atoms. The van der Waals surface area contributed by atoms with Gasteiger partial charge in [-0.2, -0.15) is 13.2 Å². The van der Waals surface area contributed by atoms with Gasteiger partial charge in [-0.1, -0.05) is 30.3 Å². The van der Waals surface area contributed by atoms with Gasteiger partial charge in [0.25, 0.3) is 0 Å². The molecule has 0 radical (unpaired) electrons. The van der Waals surface area contributed by atoms with Crippen LogP contribution in [0.1, 0.15) is 65.2 Å². The van der Waals surface area contributed by atoms with E-state index in [1.54, 1.807) is 19.2 Å². The Hall–Kier alpha value is -3.61.